The summed E-state index contributed by atoms with van der Waals surface area (Å²) in [4.78, 5) is 0. The Morgan fingerprint density at radius 1 is 1.54 bits per heavy atom. The highest BCUT2D eigenvalue weighted by Gasteiger charge is 2.27. The van der Waals surface area contributed by atoms with Crippen LogP contribution >= 0.6 is 0 Å². The Bertz CT molecular complexity index is 158. The Hall–Kier alpha value is -0.160. The molecule has 3 N–H and O–H groups in total. The molecule has 0 spiro atoms. The van der Waals surface area contributed by atoms with Crippen molar-refractivity contribution >= 4 is 0 Å². The number of hydrazine groups is 1. The summed E-state index contributed by atoms with van der Waals surface area (Å²) in [5.74, 6) is 5.74. The quantitative estimate of drug-likeness (QED) is 0.459. The summed E-state index contributed by atoms with van der Waals surface area (Å²) in [7, 11) is 0. The number of ether oxygens (including phenoxy) is 1. The average molecular weight is 188 g/mol. The topological polar surface area (TPSA) is 58.7 Å². The minimum Gasteiger partial charge on any atom is -0.393 e. The Balaban J connectivity index is 2.05. The van der Waals surface area contributed by atoms with E-state index in [9.17, 15) is 0 Å². The molecule has 78 valence electrons. The van der Waals surface area contributed by atoms with Crippen molar-refractivity contribution in [3.05, 3.63) is 0 Å². The Morgan fingerprint density at radius 2 is 2.15 bits per heavy atom. The molecule has 0 aromatic heterocycles. The Morgan fingerprint density at radius 3 is 2.62 bits per heavy atom. The second-order valence-electron chi connectivity index (χ2n) is 4.24. The van der Waals surface area contributed by atoms with Gasteiger partial charge in [-0.25, -0.2) is 5.01 Å². The van der Waals surface area contributed by atoms with Crippen molar-refractivity contribution in [3.63, 3.8) is 0 Å². The van der Waals surface area contributed by atoms with Crippen LogP contribution in [0.4, 0.5) is 0 Å². The summed E-state index contributed by atoms with van der Waals surface area (Å²) in [6.45, 7) is 5.10. The molecule has 1 fully saturated rings. The van der Waals surface area contributed by atoms with Crippen molar-refractivity contribution in [1.29, 1.82) is 0 Å². The largest absolute Gasteiger partial charge is 0.393 e. The molecule has 0 aromatic rings. The second-order valence-corrected chi connectivity index (χ2v) is 4.24. The van der Waals surface area contributed by atoms with Gasteiger partial charge in [-0.2, -0.15) is 0 Å². The smallest absolute Gasteiger partial charge is 0.0856 e. The second kappa shape index (κ2) is 4.37. The van der Waals surface area contributed by atoms with Crippen molar-refractivity contribution < 1.29 is 9.84 Å². The van der Waals surface area contributed by atoms with E-state index in [0.717, 1.165) is 6.54 Å². The fourth-order valence-corrected chi connectivity index (χ4v) is 1.06. The molecular weight excluding hydrogens is 168 g/mol. The zero-order chi connectivity index (χ0) is 9.90. The Kier molecular flexibility index (Phi) is 3.67. The van der Waals surface area contributed by atoms with Crippen molar-refractivity contribution in [2.24, 2.45) is 5.84 Å². The van der Waals surface area contributed by atoms with E-state index in [4.69, 9.17) is 15.7 Å². The van der Waals surface area contributed by atoms with Gasteiger partial charge in [-0.3, -0.25) is 5.84 Å². The van der Waals surface area contributed by atoms with Crippen molar-refractivity contribution in [3.8, 4) is 0 Å². The number of rotatable bonds is 6. The van der Waals surface area contributed by atoms with Crippen molar-refractivity contribution in [2.45, 2.75) is 38.3 Å². The first-order valence-corrected chi connectivity index (χ1v) is 4.81. The molecule has 1 aliphatic rings. The minimum absolute atomic E-state index is 0.0427. The first-order chi connectivity index (χ1) is 6.05. The minimum atomic E-state index is -0.440. The van der Waals surface area contributed by atoms with Crippen molar-refractivity contribution in [2.75, 3.05) is 19.8 Å². The average Bonchev–Trinajstić information content (AvgIpc) is 2.86. The molecule has 0 saturated heterocycles. The van der Waals surface area contributed by atoms with E-state index in [1.807, 2.05) is 18.9 Å². The van der Waals surface area contributed by atoms with Crippen LogP contribution in [0.3, 0.4) is 0 Å². The lowest BCUT2D eigenvalue weighted by atomic mass is 10.1. The molecule has 0 radical (unpaired) electrons. The van der Waals surface area contributed by atoms with E-state index in [0.29, 0.717) is 12.6 Å². The van der Waals surface area contributed by atoms with Gasteiger partial charge in [0.25, 0.3) is 0 Å². The molecule has 1 saturated carbocycles. The van der Waals surface area contributed by atoms with E-state index < -0.39 is 5.60 Å². The predicted octanol–water partition coefficient (Wildman–Crippen LogP) is 0.112. The number of aliphatic hydroxyl groups excluding tert-OH is 1. The van der Waals surface area contributed by atoms with Crippen LogP contribution in [0.25, 0.3) is 0 Å². The van der Waals surface area contributed by atoms with Gasteiger partial charge in [0.1, 0.15) is 0 Å². The molecule has 0 aliphatic heterocycles. The number of hydrogen-bond acceptors (Lipinski definition) is 4. The van der Waals surface area contributed by atoms with E-state index in [2.05, 4.69) is 0 Å². The summed E-state index contributed by atoms with van der Waals surface area (Å²) in [5.41, 5.74) is -0.440. The fourth-order valence-electron chi connectivity index (χ4n) is 1.06. The lowest BCUT2D eigenvalue weighted by Gasteiger charge is -2.24. The summed E-state index contributed by atoms with van der Waals surface area (Å²) in [5, 5.41) is 10.7. The first kappa shape index (κ1) is 10.9. The predicted molar refractivity (Wildman–Crippen MR) is 51.0 cm³/mol. The molecule has 0 heterocycles. The number of hydrogen-bond donors (Lipinski definition) is 2. The zero-order valence-electron chi connectivity index (χ0n) is 8.49. The lowest BCUT2D eigenvalue weighted by Crippen LogP contribution is -2.39. The summed E-state index contributed by atoms with van der Waals surface area (Å²) < 4.78 is 5.46. The summed E-state index contributed by atoms with van der Waals surface area (Å²) >= 11 is 0. The van der Waals surface area contributed by atoms with Gasteiger partial charge in [-0.15, -0.1) is 0 Å². The molecule has 4 nitrogen and oxygen atoms in total. The molecule has 1 rings (SSSR count). The summed E-state index contributed by atoms with van der Waals surface area (Å²) in [6.07, 6.45) is 2.42. The van der Waals surface area contributed by atoms with Gasteiger partial charge >= 0.3 is 0 Å². The van der Waals surface area contributed by atoms with E-state index in [1.54, 1.807) is 0 Å². The molecule has 0 unspecified atom stereocenters. The van der Waals surface area contributed by atoms with Crippen LogP contribution in [-0.2, 0) is 4.74 Å². The van der Waals surface area contributed by atoms with Crippen LogP contribution in [0.1, 0.15) is 26.7 Å². The van der Waals surface area contributed by atoms with Gasteiger partial charge < -0.3 is 9.84 Å². The van der Waals surface area contributed by atoms with Gasteiger partial charge in [-0.05, 0) is 26.7 Å². The van der Waals surface area contributed by atoms with Gasteiger partial charge in [0.15, 0.2) is 0 Å². The highest BCUT2D eigenvalue weighted by molar-refractivity contribution is 4.81. The molecule has 0 amide bonds. The zero-order valence-corrected chi connectivity index (χ0v) is 8.49. The highest BCUT2D eigenvalue weighted by Crippen LogP contribution is 2.23. The molecule has 1 aliphatic carbocycles. The van der Waals surface area contributed by atoms with E-state index >= 15 is 0 Å². The van der Waals surface area contributed by atoms with E-state index in [1.165, 1.54) is 12.8 Å². The highest BCUT2D eigenvalue weighted by atomic mass is 16.5. The fraction of sp³-hybridized carbons (Fsp3) is 1.00. The number of nitrogens with two attached hydrogens (primary N) is 1. The molecule has 13 heavy (non-hydrogen) atoms. The van der Waals surface area contributed by atoms with Crippen molar-refractivity contribution in [1.82, 2.24) is 5.01 Å². The molecule has 0 bridgehead atoms. The number of aliphatic hydroxyl groups is 1. The lowest BCUT2D eigenvalue weighted by molar-refractivity contribution is -0.0600. The normalized spacial score (nSPS) is 18.2. The molecule has 0 aromatic carbocycles. The van der Waals surface area contributed by atoms with Crippen LogP contribution in [0.2, 0.25) is 0 Å². The Labute approximate surface area is 79.6 Å². The standard InChI is InChI=1S/C9H20N2O2/c1-9(2,7-12)13-6-5-11(10)8-3-4-8/h8,12H,3-7,10H2,1-2H3. The maximum Gasteiger partial charge on any atom is 0.0856 e. The van der Waals surface area contributed by atoms with Gasteiger partial charge in [0.05, 0.1) is 18.8 Å². The van der Waals surface area contributed by atoms with Crippen LogP contribution < -0.4 is 5.84 Å². The molecular formula is C9H20N2O2. The summed E-state index contributed by atoms with van der Waals surface area (Å²) in [6, 6.07) is 0.570. The SMILES string of the molecule is CC(C)(CO)OCCN(N)C1CC1. The third-order valence-electron chi connectivity index (χ3n) is 2.24. The molecule has 0 atom stereocenters. The van der Waals surface area contributed by atoms with Crippen LogP contribution in [0.15, 0.2) is 0 Å². The van der Waals surface area contributed by atoms with Gasteiger partial charge in [-0.1, -0.05) is 0 Å². The van der Waals surface area contributed by atoms with Crippen LogP contribution in [-0.4, -0.2) is 41.5 Å². The van der Waals surface area contributed by atoms with Crippen LogP contribution in [0, 0.1) is 0 Å². The third-order valence-corrected chi connectivity index (χ3v) is 2.24. The van der Waals surface area contributed by atoms with Crippen LogP contribution in [0.5, 0.6) is 0 Å². The van der Waals surface area contributed by atoms with Gasteiger partial charge in [0, 0.05) is 12.6 Å². The number of nitrogens with zero attached hydrogens (tertiary/aromatic N) is 1. The third kappa shape index (κ3) is 4.04. The monoisotopic (exact) mass is 188 g/mol. The molecule has 4 heteroatoms. The maximum atomic E-state index is 8.91. The maximum absolute atomic E-state index is 8.91. The first-order valence-electron chi connectivity index (χ1n) is 4.81. The van der Waals surface area contributed by atoms with E-state index in [-0.39, 0.29) is 6.61 Å². The van der Waals surface area contributed by atoms with Gasteiger partial charge in [0.2, 0.25) is 0 Å².